The van der Waals surface area contributed by atoms with Crippen molar-refractivity contribution in [1.29, 1.82) is 0 Å². The second kappa shape index (κ2) is 8.66. The molecule has 1 heterocycles. The van der Waals surface area contributed by atoms with E-state index >= 15 is 0 Å². The quantitative estimate of drug-likeness (QED) is 0.413. The number of benzene rings is 1. The van der Waals surface area contributed by atoms with Crippen LogP contribution in [0.3, 0.4) is 0 Å². The minimum Gasteiger partial charge on any atom is -0.479 e. The lowest BCUT2D eigenvalue weighted by molar-refractivity contribution is -0.384. The fourth-order valence-corrected chi connectivity index (χ4v) is 2.07. The van der Waals surface area contributed by atoms with Crippen LogP contribution in [0.25, 0.3) is 10.9 Å². The lowest BCUT2D eigenvalue weighted by Crippen LogP contribution is -2.19. The summed E-state index contributed by atoms with van der Waals surface area (Å²) >= 11 is 0. The SMILES string of the molecule is COc1nn(CCOCCN(C)C)c2ccc([N+](=O)[O-])cc12.Cl. The Morgan fingerprint density at radius 1 is 1.35 bits per heavy atom. The van der Waals surface area contributed by atoms with Crippen LogP contribution in [0, 0.1) is 10.1 Å². The third-order valence-corrected chi connectivity index (χ3v) is 3.23. The molecule has 0 aliphatic heterocycles. The summed E-state index contributed by atoms with van der Waals surface area (Å²) in [5.41, 5.74) is 0.811. The first-order chi connectivity index (χ1) is 10.5. The number of nitro benzene ring substituents is 1. The first-order valence-electron chi connectivity index (χ1n) is 6.94. The summed E-state index contributed by atoms with van der Waals surface area (Å²) in [5, 5.41) is 15.8. The molecule has 1 aromatic heterocycles. The Morgan fingerprint density at radius 3 is 2.70 bits per heavy atom. The molecule has 9 heteroatoms. The van der Waals surface area contributed by atoms with Gasteiger partial charge in [-0.05, 0) is 20.2 Å². The Hall–Kier alpha value is -1.90. The van der Waals surface area contributed by atoms with Crippen LogP contribution in [0.5, 0.6) is 5.88 Å². The largest absolute Gasteiger partial charge is 0.479 e. The summed E-state index contributed by atoms with van der Waals surface area (Å²) < 4.78 is 12.5. The van der Waals surface area contributed by atoms with Crippen LogP contribution in [0.1, 0.15) is 0 Å². The molecule has 2 aromatic rings. The van der Waals surface area contributed by atoms with Gasteiger partial charge in [0.15, 0.2) is 0 Å². The molecule has 0 saturated heterocycles. The van der Waals surface area contributed by atoms with Gasteiger partial charge >= 0.3 is 0 Å². The Bertz CT molecular complexity index is 660. The molecule has 0 atom stereocenters. The normalized spacial score (nSPS) is 10.8. The maximum absolute atomic E-state index is 10.9. The highest BCUT2D eigenvalue weighted by molar-refractivity contribution is 5.86. The number of nitro groups is 1. The van der Waals surface area contributed by atoms with E-state index in [1.165, 1.54) is 19.2 Å². The number of methoxy groups -OCH3 is 1. The molecule has 0 saturated carbocycles. The number of halogens is 1. The molecule has 0 fully saturated rings. The second-order valence-corrected chi connectivity index (χ2v) is 5.11. The number of hydrogen-bond acceptors (Lipinski definition) is 6. The van der Waals surface area contributed by atoms with Crippen LogP contribution in [0.4, 0.5) is 5.69 Å². The molecule has 0 aliphatic rings. The highest BCUT2D eigenvalue weighted by Gasteiger charge is 2.15. The predicted molar refractivity (Wildman–Crippen MR) is 89.6 cm³/mol. The Labute approximate surface area is 140 Å². The van der Waals surface area contributed by atoms with Crippen LogP contribution >= 0.6 is 12.4 Å². The summed E-state index contributed by atoms with van der Waals surface area (Å²) in [4.78, 5) is 12.5. The fourth-order valence-electron chi connectivity index (χ4n) is 2.07. The highest BCUT2D eigenvalue weighted by atomic mass is 35.5. The van der Waals surface area contributed by atoms with E-state index in [1.807, 2.05) is 19.0 Å². The zero-order valence-corrected chi connectivity index (χ0v) is 14.2. The zero-order valence-electron chi connectivity index (χ0n) is 13.4. The van der Waals surface area contributed by atoms with Gasteiger partial charge in [0, 0.05) is 18.7 Å². The van der Waals surface area contributed by atoms with Crippen molar-refractivity contribution in [2.75, 3.05) is 41.0 Å². The lowest BCUT2D eigenvalue weighted by Gasteiger charge is -2.10. The minimum absolute atomic E-state index is 0. The van der Waals surface area contributed by atoms with E-state index in [4.69, 9.17) is 9.47 Å². The van der Waals surface area contributed by atoms with Crippen LogP contribution in [-0.2, 0) is 11.3 Å². The van der Waals surface area contributed by atoms with Crippen LogP contribution < -0.4 is 4.74 Å². The van der Waals surface area contributed by atoms with Gasteiger partial charge in [-0.15, -0.1) is 17.5 Å². The monoisotopic (exact) mass is 344 g/mol. The molecule has 0 N–H and O–H groups in total. The third kappa shape index (κ3) is 4.78. The van der Waals surface area contributed by atoms with Gasteiger partial charge in [-0.25, -0.2) is 0 Å². The van der Waals surface area contributed by atoms with Crippen molar-refractivity contribution >= 4 is 29.0 Å². The summed E-state index contributed by atoms with van der Waals surface area (Å²) in [5.74, 6) is 0.381. The Morgan fingerprint density at radius 2 is 2.09 bits per heavy atom. The van der Waals surface area contributed by atoms with E-state index in [-0.39, 0.29) is 18.1 Å². The number of nitrogens with zero attached hydrogens (tertiary/aromatic N) is 4. The number of likely N-dealkylation sites (N-methyl/N-ethyl adjacent to an activating group) is 1. The van der Waals surface area contributed by atoms with Crippen molar-refractivity contribution in [3.05, 3.63) is 28.3 Å². The van der Waals surface area contributed by atoms with E-state index in [1.54, 1.807) is 10.7 Å². The number of aromatic nitrogens is 2. The van der Waals surface area contributed by atoms with Crippen LogP contribution in [0.15, 0.2) is 18.2 Å². The molecule has 0 bridgehead atoms. The standard InChI is InChI=1S/C14H20N4O4.ClH/c1-16(2)6-8-22-9-7-17-13-5-4-11(18(19)20)10-12(13)14(15-17)21-3;/h4-5,10H,6-9H2,1-3H3;1H. The van der Waals surface area contributed by atoms with Crippen molar-refractivity contribution < 1.29 is 14.4 Å². The van der Waals surface area contributed by atoms with Gasteiger partial charge in [0.2, 0.25) is 5.88 Å². The second-order valence-electron chi connectivity index (χ2n) is 5.11. The number of non-ortho nitro benzene ring substituents is 1. The number of fused-ring (bicyclic) bond motifs is 1. The van der Waals surface area contributed by atoms with Gasteiger partial charge < -0.3 is 14.4 Å². The molecule has 1 aromatic carbocycles. The molecule has 0 aliphatic carbocycles. The van der Waals surface area contributed by atoms with Crippen molar-refractivity contribution in [3.8, 4) is 5.88 Å². The first kappa shape index (κ1) is 19.1. The van der Waals surface area contributed by atoms with E-state index in [2.05, 4.69) is 5.10 Å². The van der Waals surface area contributed by atoms with Crippen molar-refractivity contribution in [1.82, 2.24) is 14.7 Å². The molecule has 128 valence electrons. The van der Waals surface area contributed by atoms with Gasteiger partial charge in [-0.2, -0.15) is 0 Å². The average molecular weight is 345 g/mol. The summed E-state index contributed by atoms with van der Waals surface area (Å²) in [6.07, 6.45) is 0. The van der Waals surface area contributed by atoms with E-state index < -0.39 is 4.92 Å². The number of ether oxygens (including phenoxy) is 2. The minimum atomic E-state index is -0.430. The molecule has 0 spiro atoms. The maximum atomic E-state index is 10.9. The molecule has 0 radical (unpaired) electrons. The van der Waals surface area contributed by atoms with Gasteiger partial charge in [0.1, 0.15) is 0 Å². The van der Waals surface area contributed by atoms with Gasteiger partial charge in [0.05, 0.1) is 42.7 Å². The predicted octanol–water partition coefficient (Wildman–Crippen LogP) is 1.95. The molecule has 8 nitrogen and oxygen atoms in total. The summed E-state index contributed by atoms with van der Waals surface area (Å²) in [6.45, 7) is 2.58. The van der Waals surface area contributed by atoms with Gasteiger partial charge in [-0.1, -0.05) is 0 Å². The number of hydrogen-bond donors (Lipinski definition) is 0. The maximum Gasteiger partial charge on any atom is 0.270 e. The molecular weight excluding hydrogens is 324 g/mol. The summed E-state index contributed by atoms with van der Waals surface area (Å²) in [6, 6.07) is 4.63. The Kier molecular flexibility index (Phi) is 7.21. The highest BCUT2D eigenvalue weighted by Crippen LogP contribution is 2.28. The van der Waals surface area contributed by atoms with Crippen LogP contribution in [-0.4, -0.2) is 60.6 Å². The molecule has 23 heavy (non-hydrogen) atoms. The van der Waals surface area contributed by atoms with Crippen molar-refractivity contribution in [2.24, 2.45) is 0 Å². The lowest BCUT2D eigenvalue weighted by atomic mass is 10.2. The molecule has 0 amide bonds. The molecule has 0 unspecified atom stereocenters. The van der Waals surface area contributed by atoms with Gasteiger partial charge in [-0.3, -0.25) is 14.8 Å². The van der Waals surface area contributed by atoms with E-state index in [0.717, 1.165) is 12.1 Å². The van der Waals surface area contributed by atoms with Gasteiger partial charge in [0.25, 0.3) is 5.69 Å². The van der Waals surface area contributed by atoms with E-state index in [9.17, 15) is 10.1 Å². The van der Waals surface area contributed by atoms with Crippen molar-refractivity contribution in [3.63, 3.8) is 0 Å². The fraction of sp³-hybridized carbons (Fsp3) is 0.500. The topological polar surface area (TPSA) is 82.7 Å². The molecular formula is C14H21ClN4O4. The smallest absolute Gasteiger partial charge is 0.270 e. The molecule has 2 rings (SSSR count). The zero-order chi connectivity index (χ0) is 16.1. The van der Waals surface area contributed by atoms with E-state index in [0.29, 0.717) is 31.0 Å². The van der Waals surface area contributed by atoms with Crippen molar-refractivity contribution in [2.45, 2.75) is 6.54 Å². The summed E-state index contributed by atoms with van der Waals surface area (Å²) in [7, 11) is 5.48. The van der Waals surface area contributed by atoms with Crippen LogP contribution in [0.2, 0.25) is 0 Å². The number of rotatable bonds is 8. The average Bonchev–Trinajstić information content (AvgIpc) is 2.84. The Balaban J connectivity index is 0.00000264. The first-order valence-corrected chi connectivity index (χ1v) is 6.94. The third-order valence-electron chi connectivity index (χ3n) is 3.23.